The van der Waals surface area contributed by atoms with Gasteiger partial charge < -0.3 is 24.5 Å². The summed E-state index contributed by atoms with van der Waals surface area (Å²) < 4.78 is 72.3. The standard InChI is InChI=1S/C32H27F4N5O4/c33-20-6-4-18(5-7-20)22(14-25(34)35)32(42)40-27-13-19(8-10-38-27)29-28(23-3-1-2-9-37-23)31-30(41-29)24(15-26(36)39-31)45-17-21-16-43-11-12-44-21/h1-10,13,15,21-22,25,41H,11-12,14,16-17H2,(H,38,40,42)/t21-,22+/m1/s1. The molecule has 2 N–H and O–H groups in total. The molecule has 4 aromatic heterocycles. The zero-order chi connectivity index (χ0) is 31.3. The van der Waals surface area contributed by atoms with Gasteiger partial charge in [0.15, 0.2) is 0 Å². The summed E-state index contributed by atoms with van der Waals surface area (Å²) in [5.41, 5.74) is 2.85. The second-order valence-electron chi connectivity index (χ2n) is 10.3. The monoisotopic (exact) mass is 621 g/mol. The molecule has 1 amide bonds. The number of carbonyl (C=O) groups excluding carboxylic acids is 1. The number of ether oxygens (including phenoxy) is 3. The summed E-state index contributed by atoms with van der Waals surface area (Å²) in [6, 6.07) is 14.5. The molecule has 0 saturated carbocycles. The summed E-state index contributed by atoms with van der Waals surface area (Å²) in [6.07, 6.45) is -0.846. The smallest absolute Gasteiger partial charge is 0.239 e. The van der Waals surface area contributed by atoms with Crippen molar-refractivity contribution in [1.82, 2.24) is 19.9 Å². The summed E-state index contributed by atoms with van der Waals surface area (Å²) in [6.45, 7) is 1.38. The van der Waals surface area contributed by atoms with Crippen molar-refractivity contribution in [3.8, 4) is 28.3 Å². The Morgan fingerprint density at radius 1 is 1.04 bits per heavy atom. The van der Waals surface area contributed by atoms with Gasteiger partial charge in [0, 0.05) is 30.4 Å². The van der Waals surface area contributed by atoms with E-state index in [-0.39, 0.29) is 35.4 Å². The van der Waals surface area contributed by atoms with E-state index in [1.807, 2.05) is 0 Å². The Hall–Kier alpha value is -4.88. The van der Waals surface area contributed by atoms with Gasteiger partial charge in [-0.2, -0.15) is 4.39 Å². The first-order chi connectivity index (χ1) is 21.9. The summed E-state index contributed by atoms with van der Waals surface area (Å²) in [5, 5.41) is 2.61. The quantitative estimate of drug-likeness (QED) is 0.142. The number of nitrogens with one attached hydrogen (secondary N) is 2. The van der Waals surface area contributed by atoms with Gasteiger partial charge in [0.1, 0.15) is 41.1 Å². The summed E-state index contributed by atoms with van der Waals surface area (Å²) >= 11 is 0. The van der Waals surface area contributed by atoms with E-state index >= 15 is 0 Å². The highest BCUT2D eigenvalue weighted by atomic mass is 19.3. The number of halogens is 4. The molecule has 0 spiro atoms. The maximum Gasteiger partial charge on any atom is 0.239 e. The van der Waals surface area contributed by atoms with Crippen molar-refractivity contribution in [2.45, 2.75) is 24.9 Å². The minimum atomic E-state index is -2.78. The number of alkyl halides is 2. The van der Waals surface area contributed by atoms with Crippen LogP contribution in [0.15, 0.2) is 73.1 Å². The van der Waals surface area contributed by atoms with E-state index < -0.39 is 36.4 Å². The molecule has 1 aliphatic heterocycles. The van der Waals surface area contributed by atoms with Crippen molar-refractivity contribution in [3.63, 3.8) is 0 Å². The molecule has 2 atom stereocenters. The van der Waals surface area contributed by atoms with Crippen LogP contribution in [-0.4, -0.2) is 64.8 Å². The molecule has 0 aliphatic carbocycles. The van der Waals surface area contributed by atoms with Gasteiger partial charge in [-0.3, -0.25) is 9.78 Å². The average Bonchev–Trinajstić information content (AvgIpc) is 3.43. The molecule has 0 bridgehead atoms. The molecular weight excluding hydrogens is 594 g/mol. The van der Waals surface area contributed by atoms with E-state index in [4.69, 9.17) is 14.2 Å². The van der Waals surface area contributed by atoms with Crippen LogP contribution < -0.4 is 10.1 Å². The Kier molecular flexibility index (Phi) is 8.98. The maximum absolute atomic E-state index is 14.9. The first-order valence-corrected chi connectivity index (χ1v) is 14.1. The molecule has 0 radical (unpaired) electrons. The number of carbonyl (C=O) groups is 1. The lowest BCUT2D eigenvalue weighted by atomic mass is 9.95. The van der Waals surface area contributed by atoms with E-state index in [1.54, 1.807) is 36.5 Å². The van der Waals surface area contributed by atoms with Gasteiger partial charge in [-0.25, -0.2) is 23.1 Å². The molecule has 1 fully saturated rings. The highest BCUT2D eigenvalue weighted by Gasteiger charge is 2.26. The summed E-state index contributed by atoms with van der Waals surface area (Å²) in [7, 11) is 0. The lowest BCUT2D eigenvalue weighted by Crippen LogP contribution is -2.33. The highest BCUT2D eigenvalue weighted by molar-refractivity contribution is 6.03. The van der Waals surface area contributed by atoms with Crippen molar-refractivity contribution in [3.05, 3.63) is 90.4 Å². The van der Waals surface area contributed by atoms with Crippen molar-refractivity contribution in [2.24, 2.45) is 0 Å². The molecule has 5 aromatic rings. The molecule has 5 heterocycles. The number of rotatable bonds is 10. The van der Waals surface area contributed by atoms with Crippen LogP contribution in [0.5, 0.6) is 5.75 Å². The molecule has 6 rings (SSSR count). The second kappa shape index (κ2) is 13.4. The number of hydrogen-bond acceptors (Lipinski definition) is 7. The van der Waals surface area contributed by atoms with Gasteiger partial charge in [0.25, 0.3) is 0 Å². The van der Waals surface area contributed by atoms with Crippen molar-refractivity contribution in [1.29, 1.82) is 0 Å². The molecule has 45 heavy (non-hydrogen) atoms. The average molecular weight is 622 g/mol. The van der Waals surface area contributed by atoms with Gasteiger partial charge in [0.05, 0.1) is 42.7 Å². The van der Waals surface area contributed by atoms with Gasteiger partial charge in [0.2, 0.25) is 18.3 Å². The summed E-state index contributed by atoms with van der Waals surface area (Å²) in [4.78, 5) is 29.3. The number of pyridine rings is 3. The van der Waals surface area contributed by atoms with E-state index in [0.29, 0.717) is 47.9 Å². The number of nitrogens with zero attached hydrogens (tertiary/aromatic N) is 3. The second-order valence-corrected chi connectivity index (χ2v) is 10.3. The molecule has 1 saturated heterocycles. The lowest BCUT2D eigenvalue weighted by molar-refractivity contribution is -0.118. The predicted octanol–water partition coefficient (Wildman–Crippen LogP) is 6.14. The fourth-order valence-electron chi connectivity index (χ4n) is 5.14. The van der Waals surface area contributed by atoms with Gasteiger partial charge in [-0.05, 0) is 42.0 Å². The van der Waals surface area contributed by atoms with Crippen LogP contribution in [0.2, 0.25) is 0 Å². The number of fused-ring (bicyclic) bond motifs is 1. The third kappa shape index (κ3) is 6.94. The molecular formula is C32H27F4N5O4. The van der Waals surface area contributed by atoms with Crippen molar-refractivity contribution >= 4 is 22.8 Å². The Labute approximate surface area is 254 Å². The van der Waals surface area contributed by atoms with E-state index in [1.165, 1.54) is 24.4 Å². The fourth-order valence-corrected chi connectivity index (χ4v) is 5.14. The maximum atomic E-state index is 14.9. The van der Waals surface area contributed by atoms with Crippen LogP contribution in [0, 0.1) is 11.8 Å². The SMILES string of the molecule is O=C(Nc1cc(-c2[nH]c3c(OC[C@H]4COCCO4)cc(F)nc3c2-c2ccccn2)ccn1)[C@@H](CC(F)F)c1ccc(F)cc1. The number of anilines is 1. The number of hydrogen-bond donors (Lipinski definition) is 2. The van der Waals surface area contributed by atoms with E-state index in [0.717, 1.165) is 12.1 Å². The van der Waals surface area contributed by atoms with Crippen LogP contribution in [0.25, 0.3) is 33.5 Å². The van der Waals surface area contributed by atoms with Crippen LogP contribution >= 0.6 is 0 Å². The van der Waals surface area contributed by atoms with Crippen molar-refractivity contribution < 1.29 is 36.6 Å². The van der Waals surface area contributed by atoms with Crippen LogP contribution in [-0.2, 0) is 14.3 Å². The number of benzene rings is 1. The Morgan fingerprint density at radius 3 is 2.62 bits per heavy atom. The van der Waals surface area contributed by atoms with Crippen LogP contribution in [0.4, 0.5) is 23.4 Å². The fraction of sp³-hybridized carbons (Fsp3) is 0.250. The molecule has 1 aliphatic rings. The van der Waals surface area contributed by atoms with E-state index in [9.17, 15) is 22.4 Å². The molecule has 1 aromatic carbocycles. The first kappa shape index (κ1) is 30.2. The third-order valence-electron chi connectivity index (χ3n) is 7.22. The minimum absolute atomic E-state index is 0.0783. The Bertz CT molecular complexity index is 1780. The number of aromatic amines is 1. The molecule has 13 heteroatoms. The topological polar surface area (TPSA) is 111 Å². The zero-order valence-electron chi connectivity index (χ0n) is 23.7. The lowest BCUT2D eigenvalue weighted by Gasteiger charge is -2.23. The Morgan fingerprint density at radius 2 is 1.89 bits per heavy atom. The predicted molar refractivity (Wildman–Crippen MR) is 157 cm³/mol. The van der Waals surface area contributed by atoms with Crippen molar-refractivity contribution in [2.75, 3.05) is 31.7 Å². The molecule has 232 valence electrons. The number of aromatic nitrogens is 4. The number of amides is 1. The van der Waals surface area contributed by atoms with Gasteiger partial charge in [-0.1, -0.05) is 18.2 Å². The molecule has 9 nitrogen and oxygen atoms in total. The van der Waals surface area contributed by atoms with Gasteiger partial charge >= 0.3 is 0 Å². The summed E-state index contributed by atoms with van der Waals surface area (Å²) in [5.74, 6) is -3.03. The van der Waals surface area contributed by atoms with Crippen LogP contribution in [0.3, 0.4) is 0 Å². The third-order valence-corrected chi connectivity index (χ3v) is 7.22. The van der Waals surface area contributed by atoms with E-state index in [2.05, 4.69) is 25.3 Å². The largest absolute Gasteiger partial charge is 0.488 e. The Balaban J connectivity index is 1.37. The number of H-pyrrole nitrogens is 1. The van der Waals surface area contributed by atoms with Crippen LogP contribution in [0.1, 0.15) is 17.9 Å². The van der Waals surface area contributed by atoms with Gasteiger partial charge in [-0.15, -0.1) is 0 Å². The molecule has 0 unspecified atom stereocenters. The highest BCUT2D eigenvalue weighted by Crippen LogP contribution is 2.40. The zero-order valence-corrected chi connectivity index (χ0v) is 23.7. The minimum Gasteiger partial charge on any atom is -0.488 e. The normalized spacial score (nSPS) is 15.7. The first-order valence-electron chi connectivity index (χ1n) is 14.1.